The minimum absolute atomic E-state index is 0.0430. The number of hydrogen-bond acceptors (Lipinski definition) is 3. The fourth-order valence-corrected chi connectivity index (χ4v) is 2.04. The third-order valence-electron chi connectivity index (χ3n) is 3.02. The first-order valence-electron chi connectivity index (χ1n) is 5.81. The summed E-state index contributed by atoms with van der Waals surface area (Å²) < 4.78 is 0. The molecule has 0 fully saturated rings. The molecule has 2 N–H and O–H groups in total. The van der Waals surface area contributed by atoms with Crippen LogP contribution in [0.15, 0.2) is 42.5 Å². The van der Waals surface area contributed by atoms with Crippen LogP contribution in [-0.4, -0.2) is 16.0 Å². The van der Waals surface area contributed by atoms with Crippen molar-refractivity contribution in [3.8, 4) is 11.5 Å². The van der Waals surface area contributed by atoms with Gasteiger partial charge in [0.1, 0.15) is 11.5 Å². The molecule has 0 aliphatic heterocycles. The number of hydrogen-bond donors (Lipinski definition) is 2. The summed E-state index contributed by atoms with van der Waals surface area (Å²) in [7, 11) is 0. The van der Waals surface area contributed by atoms with E-state index in [1.54, 1.807) is 6.92 Å². The van der Waals surface area contributed by atoms with Gasteiger partial charge in [0, 0.05) is 12.0 Å². The van der Waals surface area contributed by atoms with Crippen LogP contribution in [0.5, 0.6) is 11.5 Å². The topological polar surface area (TPSA) is 57.5 Å². The number of phenolic OH excluding ortho intramolecular Hbond substituents is 2. The second-order valence-electron chi connectivity index (χ2n) is 4.32. The van der Waals surface area contributed by atoms with E-state index in [-0.39, 0.29) is 27.9 Å². The van der Waals surface area contributed by atoms with Gasteiger partial charge in [-0.05, 0) is 11.6 Å². The minimum atomic E-state index is -0.396. The van der Waals surface area contributed by atoms with Gasteiger partial charge in [-0.15, -0.1) is 0 Å². The molecule has 0 saturated heterocycles. The van der Waals surface area contributed by atoms with Crippen LogP contribution in [0.25, 0.3) is 0 Å². The highest BCUT2D eigenvalue weighted by atomic mass is 35.5. The molecule has 2 aromatic rings. The highest BCUT2D eigenvalue weighted by Crippen LogP contribution is 2.33. The molecule has 0 radical (unpaired) electrons. The first kappa shape index (κ1) is 13.4. The summed E-state index contributed by atoms with van der Waals surface area (Å²) in [5, 5.41) is 19.1. The van der Waals surface area contributed by atoms with E-state index in [4.69, 9.17) is 11.6 Å². The smallest absolute Gasteiger partial charge is 0.173 e. The lowest BCUT2D eigenvalue weighted by molar-refractivity contribution is 0.0963. The third kappa shape index (κ3) is 2.71. The van der Waals surface area contributed by atoms with Crippen molar-refractivity contribution in [1.82, 2.24) is 0 Å². The molecular formula is C15H13ClO3. The lowest BCUT2D eigenvalue weighted by Gasteiger charge is -2.12. The van der Waals surface area contributed by atoms with Crippen molar-refractivity contribution in [2.24, 2.45) is 0 Å². The summed E-state index contributed by atoms with van der Waals surface area (Å²) in [6.07, 6.45) is 0. The van der Waals surface area contributed by atoms with Gasteiger partial charge in [0.25, 0.3) is 0 Å². The minimum Gasteiger partial charge on any atom is -0.507 e. The summed E-state index contributed by atoms with van der Waals surface area (Å²) in [4.78, 5) is 12.3. The van der Waals surface area contributed by atoms with Crippen molar-refractivity contribution in [2.75, 3.05) is 0 Å². The van der Waals surface area contributed by atoms with E-state index in [0.717, 1.165) is 11.6 Å². The Morgan fingerprint density at radius 1 is 1.11 bits per heavy atom. The van der Waals surface area contributed by atoms with Crippen molar-refractivity contribution in [2.45, 2.75) is 12.8 Å². The fourth-order valence-electron chi connectivity index (χ4n) is 1.87. The number of carbonyl (C=O) groups is 1. The van der Waals surface area contributed by atoms with Gasteiger partial charge < -0.3 is 10.2 Å². The van der Waals surface area contributed by atoms with Crippen molar-refractivity contribution in [3.05, 3.63) is 58.6 Å². The zero-order valence-corrected chi connectivity index (χ0v) is 11.1. The molecule has 2 rings (SSSR count). The quantitative estimate of drug-likeness (QED) is 0.840. The lowest BCUT2D eigenvalue weighted by atomic mass is 9.92. The van der Waals surface area contributed by atoms with E-state index in [0.29, 0.717) is 0 Å². The van der Waals surface area contributed by atoms with E-state index in [9.17, 15) is 15.0 Å². The average molecular weight is 277 g/mol. The maximum atomic E-state index is 12.3. The Morgan fingerprint density at radius 2 is 1.74 bits per heavy atom. The van der Waals surface area contributed by atoms with Gasteiger partial charge in [0.15, 0.2) is 5.78 Å². The molecule has 0 aliphatic carbocycles. The summed E-state index contributed by atoms with van der Waals surface area (Å²) >= 11 is 5.77. The van der Waals surface area contributed by atoms with Crippen LogP contribution >= 0.6 is 11.6 Å². The number of carbonyl (C=O) groups excluding carboxylic acids is 1. The summed E-state index contributed by atoms with van der Waals surface area (Å²) in [6.45, 7) is 1.76. The number of halogens is 1. The molecule has 1 unspecified atom stereocenters. The maximum absolute atomic E-state index is 12.3. The molecule has 0 aliphatic rings. The second-order valence-corrected chi connectivity index (χ2v) is 4.72. The van der Waals surface area contributed by atoms with E-state index in [1.807, 2.05) is 30.3 Å². The lowest BCUT2D eigenvalue weighted by Crippen LogP contribution is -2.09. The highest BCUT2D eigenvalue weighted by Gasteiger charge is 2.21. The number of benzene rings is 2. The Morgan fingerprint density at radius 3 is 2.37 bits per heavy atom. The van der Waals surface area contributed by atoms with Gasteiger partial charge in [-0.1, -0.05) is 48.9 Å². The van der Waals surface area contributed by atoms with Crippen LogP contribution in [0.3, 0.4) is 0 Å². The summed E-state index contributed by atoms with van der Waals surface area (Å²) in [6, 6.07) is 11.6. The molecule has 0 heterocycles. The molecule has 0 amide bonds. The Kier molecular flexibility index (Phi) is 3.76. The Bertz CT molecular complexity index is 608. The van der Waals surface area contributed by atoms with Gasteiger partial charge in [0.05, 0.1) is 10.6 Å². The third-order valence-corrected chi connectivity index (χ3v) is 3.33. The maximum Gasteiger partial charge on any atom is 0.173 e. The number of rotatable bonds is 3. The highest BCUT2D eigenvalue weighted by molar-refractivity contribution is 6.32. The molecular weight excluding hydrogens is 264 g/mol. The first-order chi connectivity index (χ1) is 9.00. The normalized spacial score (nSPS) is 12.1. The molecule has 1 atom stereocenters. The molecule has 3 nitrogen and oxygen atoms in total. The van der Waals surface area contributed by atoms with Crippen molar-refractivity contribution in [3.63, 3.8) is 0 Å². The molecule has 2 aromatic carbocycles. The van der Waals surface area contributed by atoms with Crippen LogP contribution in [0, 0.1) is 0 Å². The van der Waals surface area contributed by atoms with Gasteiger partial charge in [-0.3, -0.25) is 4.79 Å². The van der Waals surface area contributed by atoms with Crippen LogP contribution in [-0.2, 0) is 0 Å². The molecule has 19 heavy (non-hydrogen) atoms. The van der Waals surface area contributed by atoms with Crippen molar-refractivity contribution < 1.29 is 15.0 Å². The molecule has 0 spiro atoms. The molecule has 98 valence electrons. The molecule has 0 bridgehead atoms. The summed E-state index contributed by atoms with van der Waals surface area (Å²) in [5.41, 5.74) is 0.968. The number of Topliss-reactive ketones (excluding diaryl/α,β-unsaturated/α-hetero) is 1. The predicted molar refractivity (Wildman–Crippen MR) is 74.0 cm³/mol. The Labute approximate surface area is 116 Å². The number of ketones is 1. The standard InChI is InChI=1S/C15H13ClO3/c1-9(10-5-3-2-4-6-10)15(19)11-7-12(16)14(18)8-13(11)17/h2-9,17-18H,1H3. The van der Waals surface area contributed by atoms with Crippen LogP contribution in [0.2, 0.25) is 5.02 Å². The van der Waals surface area contributed by atoms with Gasteiger partial charge in [-0.2, -0.15) is 0 Å². The number of phenols is 2. The molecule has 4 heteroatoms. The van der Waals surface area contributed by atoms with Crippen LogP contribution < -0.4 is 0 Å². The first-order valence-corrected chi connectivity index (χ1v) is 6.19. The molecule has 0 aromatic heterocycles. The Balaban J connectivity index is 2.37. The van der Waals surface area contributed by atoms with E-state index in [2.05, 4.69) is 0 Å². The van der Waals surface area contributed by atoms with Crippen molar-refractivity contribution >= 4 is 17.4 Å². The average Bonchev–Trinajstić information content (AvgIpc) is 2.42. The van der Waals surface area contributed by atoms with Gasteiger partial charge in [-0.25, -0.2) is 0 Å². The van der Waals surface area contributed by atoms with Crippen molar-refractivity contribution in [1.29, 1.82) is 0 Å². The summed E-state index contributed by atoms with van der Waals surface area (Å²) in [5.74, 6) is -1.16. The zero-order valence-electron chi connectivity index (χ0n) is 10.3. The van der Waals surface area contributed by atoms with E-state index < -0.39 is 5.92 Å². The monoisotopic (exact) mass is 276 g/mol. The van der Waals surface area contributed by atoms with Gasteiger partial charge in [0.2, 0.25) is 0 Å². The predicted octanol–water partition coefficient (Wildman–Crippen LogP) is 3.74. The zero-order chi connectivity index (χ0) is 14.0. The Hall–Kier alpha value is -2.00. The largest absolute Gasteiger partial charge is 0.507 e. The second kappa shape index (κ2) is 5.33. The molecule has 0 saturated carbocycles. The van der Waals surface area contributed by atoms with E-state index in [1.165, 1.54) is 6.07 Å². The van der Waals surface area contributed by atoms with Gasteiger partial charge >= 0.3 is 0 Å². The van der Waals surface area contributed by atoms with Crippen LogP contribution in [0.1, 0.15) is 28.8 Å². The number of aromatic hydroxyl groups is 2. The van der Waals surface area contributed by atoms with Crippen LogP contribution in [0.4, 0.5) is 0 Å². The SMILES string of the molecule is CC(C(=O)c1cc(Cl)c(O)cc1O)c1ccccc1. The fraction of sp³-hybridized carbons (Fsp3) is 0.133. The van der Waals surface area contributed by atoms with E-state index >= 15 is 0 Å².